The second-order valence-corrected chi connectivity index (χ2v) is 9.59. The van der Waals surface area contributed by atoms with Crippen LogP contribution < -0.4 is 15.0 Å². The van der Waals surface area contributed by atoms with E-state index in [2.05, 4.69) is 32.3 Å². The summed E-state index contributed by atoms with van der Waals surface area (Å²) in [5.74, 6) is 5.74. The molecule has 0 bridgehead atoms. The molecule has 1 aromatic carbocycles. The Bertz CT molecular complexity index is 1240. The molecule has 182 valence electrons. The van der Waals surface area contributed by atoms with E-state index in [1.54, 1.807) is 38.1 Å². The lowest BCUT2D eigenvalue weighted by Gasteiger charge is -2.29. The standard InChI is InChI=1S/C24H24ClN5O4S/c1-24(2,32)10-9-18-7-8-19(20(26-18)30-11-13-33-14-12-30)21(31)27-22-28-29-23(35-22)34-15-16-3-5-17(25)6-4-16/h3-8,32H,11-15H2,1-2H3,(H,27,28,31). The van der Waals surface area contributed by atoms with Gasteiger partial charge in [-0.2, -0.15) is 0 Å². The monoisotopic (exact) mass is 513 g/mol. The maximum Gasteiger partial charge on any atom is 0.296 e. The fourth-order valence-corrected chi connectivity index (χ4v) is 3.85. The van der Waals surface area contributed by atoms with E-state index >= 15 is 0 Å². The Morgan fingerprint density at radius 3 is 2.69 bits per heavy atom. The molecular formula is C24H24ClN5O4S. The van der Waals surface area contributed by atoms with Crippen molar-refractivity contribution >= 4 is 39.8 Å². The van der Waals surface area contributed by atoms with Crippen LogP contribution in [0.2, 0.25) is 5.02 Å². The third-order valence-electron chi connectivity index (χ3n) is 4.83. The Labute approximate surface area is 212 Å². The summed E-state index contributed by atoms with van der Waals surface area (Å²) in [5, 5.41) is 22.0. The number of morpholine rings is 1. The van der Waals surface area contributed by atoms with E-state index in [1.807, 2.05) is 17.0 Å². The predicted molar refractivity (Wildman–Crippen MR) is 134 cm³/mol. The Kier molecular flexibility index (Phi) is 7.83. The van der Waals surface area contributed by atoms with Gasteiger partial charge in [0.05, 0.1) is 18.8 Å². The molecule has 3 aromatic rings. The smallest absolute Gasteiger partial charge is 0.296 e. The summed E-state index contributed by atoms with van der Waals surface area (Å²) in [6.45, 7) is 5.76. The van der Waals surface area contributed by atoms with E-state index in [4.69, 9.17) is 21.1 Å². The fourth-order valence-electron chi connectivity index (χ4n) is 3.14. The minimum atomic E-state index is -1.15. The predicted octanol–water partition coefficient (Wildman–Crippen LogP) is 3.38. The second kappa shape index (κ2) is 11.0. The van der Waals surface area contributed by atoms with Crippen molar-refractivity contribution in [3.8, 4) is 17.0 Å². The van der Waals surface area contributed by atoms with Crippen molar-refractivity contribution in [3.05, 3.63) is 58.2 Å². The highest BCUT2D eigenvalue weighted by atomic mass is 35.5. The van der Waals surface area contributed by atoms with Crippen LogP contribution in [0.5, 0.6) is 5.19 Å². The summed E-state index contributed by atoms with van der Waals surface area (Å²) in [6.07, 6.45) is 0. The zero-order valence-corrected chi connectivity index (χ0v) is 20.8. The van der Waals surface area contributed by atoms with Crippen molar-refractivity contribution in [3.63, 3.8) is 0 Å². The first kappa shape index (κ1) is 24.9. The van der Waals surface area contributed by atoms with Crippen LogP contribution in [-0.2, 0) is 11.3 Å². The number of benzene rings is 1. The molecule has 0 aliphatic carbocycles. The average molecular weight is 514 g/mol. The zero-order chi connectivity index (χ0) is 24.8. The maximum absolute atomic E-state index is 13.1. The van der Waals surface area contributed by atoms with Gasteiger partial charge < -0.3 is 19.5 Å². The molecule has 4 rings (SSSR count). The lowest BCUT2D eigenvalue weighted by Crippen LogP contribution is -2.38. The number of aromatic nitrogens is 3. The van der Waals surface area contributed by atoms with Crippen LogP contribution in [0.4, 0.5) is 10.9 Å². The highest BCUT2D eigenvalue weighted by molar-refractivity contribution is 7.17. The van der Waals surface area contributed by atoms with Gasteiger partial charge in [-0.05, 0) is 60.9 Å². The molecule has 0 unspecified atom stereocenters. The highest BCUT2D eigenvalue weighted by Gasteiger charge is 2.22. The van der Waals surface area contributed by atoms with E-state index in [-0.39, 0.29) is 5.91 Å². The SMILES string of the molecule is CC(C)(O)C#Cc1ccc(C(=O)Nc2nnc(OCc3ccc(Cl)cc3)s2)c(N2CCOCC2)n1. The summed E-state index contributed by atoms with van der Waals surface area (Å²) in [5.41, 5.74) is 0.616. The largest absolute Gasteiger partial charge is 0.464 e. The molecule has 11 heteroatoms. The first-order valence-electron chi connectivity index (χ1n) is 10.9. The van der Waals surface area contributed by atoms with E-state index < -0.39 is 5.60 Å². The number of halogens is 1. The van der Waals surface area contributed by atoms with Crippen molar-refractivity contribution in [2.75, 3.05) is 36.5 Å². The molecule has 0 radical (unpaired) electrons. The number of hydrogen-bond donors (Lipinski definition) is 2. The van der Waals surface area contributed by atoms with Gasteiger partial charge in [-0.15, -0.1) is 5.10 Å². The molecule has 1 saturated heterocycles. The van der Waals surface area contributed by atoms with Crippen LogP contribution in [0, 0.1) is 11.8 Å². The maximum atomic E-state index is 13.1. The van der Waals surface area contributed by atoms with Gasteiger partial charge in [0.1, 0.15) is 23.7 Å². The van der Waals surface area contributed by atoms with Gasteiger partial charge >= 0.3 is 0 Å². The van der Waals surface area contributed by atoms with Gasteiger partial charge in [-0.3, -0.25) is 10.1 Å². The molecule has 2 N–H and O–H groups in total. The van der Waals surface area contributed by atoms with Crippen molar-refractivity contribution in [2.45, 2.75) is 26.1 Å². The van der Waals surface area contributed by atoms with E-state index in [9.17, 15) is 9.90 Å². The minimum absolute atomic E-state index is 0.304. The molecule has 2 aromatic heterocycles. The molecule has 0 atom stereocenters. The summed E-state index contributed by atoms with van der Waals surface area (Å²) < 4.78 is 11.1. The Morgan fingerprint density at radius 1 is 1.23 bits per heavy atom. The molecule has 1 aliphatic heterocycles. The van der Waals surface area contributed by atoms with Gasteiger partial charge in [-0.25, -0.2) is 4.98 Å². The van der Waals surface area contributed by atoms with Crippen LogP contribution in [0.15, 0.2) is 36.4 Å². The van der Waals surface area contributed by atoms with E-state index in [1.165, 1.54) is 0 Å². The van der Waals surface area contributed by atoms with E-state index in [0.717, 1.165) is 16.9 Å². The van der Waals surface area contributed by atoms with Crippen LogP contribution in [-0.4, -0.2) is 58.1 Å². The first-order chi connectivity index (χ1) is 16.8. The van der Waals surface area contributed by atoms with Crippen molar-refractivity contribution in [1.82, 2.24) is 15.2 Å². The fraction of sp³-hybridized carbons (Fsp3) is 0.333. The number of carbonyl (C=O) groups is 1. The molecule has 0 saturated carbocycles. The Balaban J connectivity index is 1.49. The number of nitrogens with one attached hydrogen (secondary N) is 1. The molecule has 9 nitrogen and oxygen atoms in total. The number of pyridine rings is 1. The topological polar surface area (TPSA) is 110 Å². The Hall–Kier alpha value is -3.23. The minimum Gasteiger partial charge on any atom is -0.464 e. The number of rotatable bonds is 6. The summed E-state index contributed by atoms with van der Waals surface area (Å²) in [6, 6.07) is 10.6. The lowest BCUT2D eigenvalue weighted by atomic mass is 10.1. The molecule has 1 fully saturated rings. The Morgan fingerprint density at radius 2 is 1.97 bits per heavy atom. The van der Waals surface area contributed by atoms with Gasteiger partial charge in [0.2, 0.25) is 5.13 Å². The molecule has 1 amide bonds. The molecule has 0 spiro atoms. The van der Waals surface area contributed by atoms with Crippen molar-refractivity contribution < 1.29 is 19.4 Å². The average Bonchev–Trinajstić information content (AvgIpc) is 3.29. The number of amides is 1. The molecule has 1 aliphatic rings. The van der Waals surface area contributed by atoms with Crippen molar-refractivity contribution in [2.24, 2.45) is 0 Å². The number of anilines is 2. The normalized spacial score (nSPS) is 13.7. The number of carbonyl (C=O) groups excluding carboxylic acids is 1. The molecule has 3 heterocycles. The summed E-state index contributed by atoms with van der Waals surface area (Å²) >= 11 is 7.03. The number of ether oxygens (including phenoxy) is 2. The number of aliphatic hydroxyl groups is 1. The summed E-state index contributed by atoms with van der Waals surface area (Å²) in [4.78, 5) is 19.7. The molecular weight excluding hydrogens is 490 g/mol. The number of nitrogens with zero attached hydrogens (tertiary/aromatic N) is 4. The zero-order valence-electron chi connectivity index (χ0n) is 19.2. The molecule has 35 heavy (non-hydrogen) atoms. The lowest BCUT2D eigenvalue weighted by molar-refractivity contribution is 0.102. The van der Waals surface area contributed by atoms with Crippen molar-refractivity contribution in [1.29, 1.82) is 0 Å². The highest BCUT2D eigenvalue weighted by Crippen LogP contribution is 2.26. The van der Waals surface area contributed by atoms with Gasteiger partial charge in [0, 0.05) is 18.1 Å². The quantitative estimate of drug-likeness (QED) is 0.483. The second-order valence-electron chi connectivity index (χ2n) is 8.22. The third-order valence-corrected chi connectivity index (χ3v) is 5.83. The van der Waals surface area contributed by atoms with Gasteiger partial charge in [0.15, 0.2) is 0 Å². The van der Waals surface area contributed by atoms with Crippen LogP contribution in [0.1, 0.15) is 35.5 Å². The number of hydrogen-bond acceptors (Lipinski definition) is 9. The third kappa shape index (κ3) is 7.13. The van der Waals surface area contributed by atoms with Crippen LogP contribution in [0.3, 0.4) is 0 Å². The van der Waals surface area contributed by atoms with Crippen LogP contribution >= 0.6 is 22.9 Å². The van der Waals surface area contributed by atoms with Gasteiger partial charge in [-0.1, -0.05) is 34.8 Å². The first-order valence-corrected chi connectivity index (χ1v) is 12.1. The van der Waals surface area contributed by atoms with Crippen LogP contribution in [0.25, 0.3) is 0 Å². The van der Waals surface area contributed by atoms with E-state index in [0.29, 0.717) is 65.3 Å². The van der Waals surface area contributed by atoms with Gasteiger partial charge in [0.25, 0.3) is 11.1 Å². The summed E-state index contributed by atoms with van der Waals surface area (Å²) in [7, 11) is 0.